The molecule has 2 atom stereocenters. The first-order valence-corrected chi connectivity index (χ1v) is 34.6. The van der Waals surface area contributed by atoms with Crippen LogP contribution in [0.4, 0.5) is 5.69 Å². The van der Waals surface area contributed by atoms with Gasteiger partial charge in [-0.25, -0.2) is 0 Å². The van der Waals surface area contributed by atoms with Crippen molar-refractivity contribution in [3.05, 3.63) is 65.2 Å². The van der Waals surface area contributed by atoms with E-state index in [0.717, 1.165) is 23.0 Å². The molecule has 3 fully saturated rings. The molecule has 15 nitrogen and oxygen atoms in total. The number of fused-ring (bicyclic) bond motifs is 2. The first-order valence-electron chi connectivity index (χ1n) is 19.8. The van der Waals surface area contributed by atoms with Crippen LogP contribution in [-0.4, -0.2) is 186 Å². The molecule has 22 heteroatoms. The van der Waals surface area contributed by atoms with E-state index >= 15 is 0 Å². The zero-order valence-corrected chi connectivity index (χ0v) is 42.9. The third-order valence-corrected chi connectivity index (χ3v) is 37.7. The third-order valence-electron chi connectivity index (χ3n) is 10.5. The van der Waals surface area contributed by atoms with E-state index in [0.29, 0.717) is 101 Å². The number of carboxylic acid groups (broad SMARTS) is 1. The summed E-state index contributed by atoms with van der Waals surface area (Å²) in [5.41, 5.74) is 1.96. The van der Waals surface area contributed by atoms with Crippen molar-refractivity contribution in [2.45, 2.75) is 12.6 Å². The number of hydrogen-bond donors (Lipinski definition) is 4. The van der Waals surface area contributed by atoms with Gasteiger partial charge < -0.3 is 32.2 Å². The van der Waals surface area contributed by atoms with Crippen LogP contribution in [0, 0.1) is 46.9 Å². The number of aromatic carboxylic acids is 1. The van der Waals surface area contributed by atoms with E-state index in [2.05, 4.69) is 17.1 Å². The van der Waals surface area contributed by atoms with Gasteiger partial charge in [0, 0.05) is 105 Å². The molecule has 0 radical (unpaired) electrons. The smallest absolute Gasteiger partial charge is 0.0115 e. The maximum absolute atomic E-state index is 13.7. The second-order valence-corrected chi connectivity index (χ2v) is 37.8. The fourth-order valence-electron chi connectivity index (χ4n) is 7.59. The molecule has 0 spiro atoms. The van der Waals surface area contributed by atoms with E-state index in [1.807, 2.05) is 14.7 Å². The van der Waals surface area contributed by atoms with E-state index in [-0.39, 0.29) is 82.0 Å². The Hall–Kier alpha value is -0.608. The zero-order valence-electron chi connectivity index (χ0n) is 33.6. The Morgan fingerprint density at radius 2 is 1.31 bits per heavy atom. The van der Waals surface area contributed by atoms with Gasteiger partial charge in [-0.2, -0.15) is 0 Å². The molecule has 2 aromatic rings. The monoisotopic (exact) mass is 1190 g/mol. The van der Waals surface area contributed by atoms with Gasteiger partial charge in [0.2, 0.25) is 0 Å². The predicted molar refractivity (Wildman–Crippen MR) is 243 cm³/mol. The number of hydrogen-bond acceptors (Lipinski definition) is 17. The second kappa shape index (κ2) is 23.9. The number of rotatable bonds is 12. The van der Waals surface area contributed by atoms with Crippen molar-refractivity contribution < 1.29 is 84.6 Å². The summed E-state index contributed by atoms with van der Waals surface area (Å²) in [5, 5.41) is 70.7. The van der Waals surface area contributed by atoms with Gasteiger partial charge in [0.15, 0.2) is 0 Å². The summed E-state index contributed by atoms with van der Waals surface area (Å²) >= 11 is -3.90. The molecule has 2 aromatic carbocycles. The van der Waals surface area contributed by atoms with Gasteiger partial charge in [-0.3, -0.25) is 9.80 Å². The number of anilines is 1. The first kappa shape index (κ1) is 50.8. The Kier molecular flexibility index (Phi) is 19.6. The number of β-amino-alcohol motifs (C(OH)–C–C–N with tert-alkyl or cyclic N) is 2. The molecule has 4 N–H and O–H groups in total. The van der Waals surface area contributed by atoms with Gasteiger partial charge in [0.25, 0.3) is 0 Å². The SMILES string of the molecule is [CH2-]CN1CCN(CC([O-])O)CCN(CC(=O)Nc2ccc(-c3c4ccc(=O)c([As]5SCCS5)c-4oc4c([As]5SCCS5)c([O-])ccc34)c(C(=O)O)c2)CCN(CC([O-])O)CC1.[Gd]. The van der Waals surface area contributed by atoms with Gasteiger partial charge in [-0.05, 0) is 12.6 Å². The van der Waals surface area contributed by atoms with Gasteiger partial charge in [-0.1, -0.05) is 0 Å². The molecule has 62 heavy (non-hydrogen) atoms. The maximum Gasteiger partial charge on any atom is 0.0115 e. The van der Waals surface area contributed by atoms with Gasteiger partial charge in [-0.15, -0.1) is 6.54 Å². The summed E-state index contributed by atoms with van der Waals surface area (Å²) in [4.78, 5) is 48.2. The number of carbonyl (C=O) groups excluding carboxylic acids is 1. The molecule has 4 aliphatic heterocycles. The van der Waals surface area contributed by atoms with Crippen LogP contribution in [0.5, 0.6) is 5.75 Å². The molecule has 0 saturated carbocycles. The number of benzene rings is 3. The van der Waals surface area contributed by atoms with Gasteiger partial charge in [0.05, 0.1) is 0 Å². The minimum absolute atomic E-state index is 0. The topological polar surface area (TPSA) is 219 Å². The molecule has 3 saturated heterocycles. The number of nitrogens with zero attached hydrogens (tertiary/aromatic N) is 4. The van der Waals surface area contributed by atoms with Crippen molar-refractivity contribution >= 4 is 102 Å². The van der Waals surface area contributed by atoms with Crippen LogP contribution in [0.3, 0.4) is 0 Å². The van der Waals surface area contributed by atoms with Crippen molar-refractivity contribution in [2.24, 2.45) is 0 Å². The molecular weight excluding hydrogens is 1150 g/mol. The van der Waals surface area contributed by atoms with Crippen LogP contribution in [0.1, 0.15) is 10.4 Å². The average molecular weight is 1190 g/mol. The van der Waals surface area contributed by atoms with Gasteiger partial charge in [0.1, 0.15) is 0 Å². The molecular formula is C40H47As2GdN5O10S4-4. The normalized spacial score (nSPS) is 19.6. The summed E-state index contributed by atoms with van der Waals surface area (Å²) < 4.78 is 8.03. The number of aliphatic hydroxyl groups excluding tert-OH is 2. The summed E-state index contributed by atoms with van der Waals surface area (Å²) in [6, 6.07) is 11.2. The van der Waals surface area contributed by atoms with Crippen LogP contribution < -0.4 is 34.8 Å². The molecule has 338 valence electrons. The number of aliphatic hydroxyl groups is 2. The number of carbonyl (C=O) groups is 2. The average Bonchev–Trinajstić information content (AvgIpc) is 3.96. The standard InChI is InChI=1S/C40H48As2N5O10S4.Gd/c1-2-44-9-11-46(23-33(51)52)15-13-45(14-16-47(12-10-44)24-34(53)54)22-32(50)43-25-3-4-26(29(21-25)40(55)56)35-27-5-7-30(48)36(41-58-17-18-59-41)38(27)57-39-28(35)6-8-31(49)37(39)42-60-19-20-61-42;/h3-8,21,33-34,48,51,53H,1-2,9-20,22-24H2,(H,43,50)(H,55,56);/q-3;/p-1. The summed E-state index contributed by atoms with van der Waals surface area (Å²) in [5.74, 6) is 2.35. The molecule has 5 aliphatic rings. The Labute approximate surface area is 414 Å². The predicted octanol–water partition coefficient (Wildman–Crippen LogP) is -0.961. The van der Waals surface area contributed by atoms with Crippen molar-refractivity contribution in [1.29, 1.82) is 0 Å². The number of nitrogens with one attached hydrogen (secondary N) is 1. The van der Waals surface area contributed by atoms with Crippen LogP contribution in [0.15, 0.2) is 51.7 Å². The summed E-state index contributed by atoms with van der Waals surface area (Å²) in [7, 11) is 7.20. The van der Waals surface area contributed by atoms with E-state index in [9.17, 15) is 45.0 Å². The summed E-state index contributed by atoms with van der Waals surface area (Å²) in [6.07, 6.45) is -3.59. The third kappa shape index (κ3) is 12.7. The van der Waals surface area contributed by atoms with Crippen LogP contribution in [0.2, 0.25) is 0 Å². The molecule has 1 aliphatic carbocycles. The maximum atomic E-state index is 13.7. The molecule has 0 bridgehead atoms. The van der Waals surface area contributed by atoms with E-state index < -0.39 is 49.1 Å². The first-order chi connectivity index (χ1) is 29.4. The second-order valence-electron chi connectivity index (χ2n) is 14.6. The Morgan fingerprint density at radius 1 is 0.774 bits per heavy atom. The quantitative estimate of drug-likeness (QED) is 0.0581. The van der Waals surface area contributed by atoms with E-state index in [1.54, 1.807) is 64.4 Å². The van der Waals surface area contributed by atoms with Gasteiger partial charge >= 0.3 is 252 Å². The summed E-state index contributed by atoms with van der Waals surface area (Å²) in [6.45, 7) is 7.72. The molecule has 2 unspecified atom stereocenters. The Bertz CT molecular complexity index is 2190. The fourth-order valence-corrected chi connectivity index (χ4v) is 37.1. The van der Waals surface area contributed by atoms with Crippen molar-refractivity contribution in [2.75, 3.05) is 107 Å². The Morgan fingerprint density at radius 3 is 1.85 bits per heavy atom. The largest absolute Gasteiger partial charge is 0.830 e. The minimum Gasteiger partial charge on any atom is -0.830 e. The van der Waals surface area contributed by atoms with Crippen LogP contribution in [-0.2, 0) is 4.79 Å². The van der Waals surface area contributed by atoms with Crippen LogP contribution >= 0.6 is 40.1 Å². The van der Waals surface area contributed by atoms with Crippen molar-refractivity contribution in [3.8, 4) is 28.2 Å². The Balaban J connectivity index is 0.00000641. The number of amides is 1. The fraction of sp³-hybridized carbons (Fsp3) is 0.450. The zero-order chi connectivity index (χ0) is 43.2. The molecule has 1 amide bonds. The van der Waals surface area contributed by atoms with E-state index in [4.69, 9.17) is 4.42 Å². The molecule has 4 heterocycles. The van der Waals surface area contributed by atoms with Crippen molar-refractivity contribution in [3.63, 3.8) is 0 Å². The van der Waals surface area contributed by atoms with Crippen molar-refractivity contribution in [1.82, 2.24) is 19.6 Å². The molecule has 7 rings (SSSR count). The molecule has 0 aromatic heterocycles. The number of carboxylic acids is 1. The minimum atomic E-state index is -1.95. The van der Waals surface area contributed by atoms with Crippen LogP contribution in [0.25, 0.3) is 33.4 Å². The van der Waals surface area contributed by atoms with E-state index in [1.165, 1.54) is 18.2 Å².